The molecule has 0 saturated heterocycles. The molecule has 0 saturated carbocycles. The maximum Gasteiger partial charge on any atom is 0.416 e. The van der Waals surface area contributed by atoms with Gasteiger partial charge in [0.15, 0.2) is 6.23 Å². The van der Waals surface area contributed by atoms with Crippen LogP contribution < -0.4 is 9.64 Å². The Morgan fingerprint density at radius 2 is 1.60 bits per heavy atom. The zero-order valence-electron chi connectivity index (χ0n) is 17.8. The van der Waals surface area contributed by atoms with Gasteiger partial charge in [-0.3, -0.25) is 9.69 Å². The summed E-state index contributed by atoms with van der Waals surface area (Å²) in [6.45, 7) is 0. The van der Waals surface area contributed by atoms with E-state index in [1.54, 1.807) is 0 Å². The molecule has 1 N–H and O–H groups in total. The number of ether oxygens (including phenoxy) is 3. The number of aliphatic hydroxyl groups is 1. The Hall–Kier alpha value is -3.19. The first-order chi connectivity index (χ1) is 16.1. The lowest BCUT2D eigenvalue weighted by atomic mass is 9.97. The number of hydrogen-bond acceptors (Lipinski definition) is 7. The third kappa shape index (κ3) is 4.96. The fourth-order valence-corrected chi connectivity index (χ4v) is 3.75. The molecule has 0 aliphatic carbocycles. The zero-order valence-corrected chi connectivity index (χ0v) is 18.6. The minimum Gasteiger partial charge on any atom is -0.469 e. The molecular weight excluding hydrogens is 512 g/mol. The van der Waals surface area contributed by atoms with Crippen LogP contribution in [-0.4, -0.2) is 37.0 Å². The van der Waals surface area contributed by atoms with E-state index in [1.807, 2.05) is 0 Å². The molecule has 35 heavy (non-hydrogen) atoms. The summed E-state index contributed by atoms with van der Waals surface area (Å²) >= 11 is 5.93. The van der Waals surface area contributed by atoms with Gasteiger partial charge in [0.05, 0.1) is 25.3 Å². The number of benzene rings is 2. The molecule has 1 heterocycles. The Bertz CT molecular complexity index is 1120. The summed E-state index contributed by atoms with van der Waals surface area (Å²) in [6.07, 6.45) is -13.7. The van der Waals surface area contributed by atoms with Crippen molar-refractivity contribution in [2.75, 3.05) is 19.1 Å². The van der Waals surface area contributed by atoms with Crippen LogP contribution in [0.2, 0.25) is 5.02 Å². The molecular formula is C21H16ClF6NO6. The minimum absolute atomic E-state index is 0.0323. The predicted molar refractivity (Wildman–Crippen MR) is 107 cm³/mol. The van der Waals surface area contributed by atoms with Crippen LogP contribution in [0.3, 0.4) is 0 Å². The molecule has 3 rings (SSSR count). The number of halogens is 7. The fourth-order valence-electron chi connectivity index (χ4n) is 3.57. The highest BCUT2D eigenvalue weighted by Gasteiger charge is 2.57. The van der Waals surface area contributed by atoms with Gasteiger partial charge in [-0.2, -0.15) is 26.3 Å². The largest absolute Gasteiger partial charge is 0.469 e. The molecule has 0 spiro atoms. The average Bonchev–Trinajstić information content (AvgIpc) is 2.77. The fraction of sp³-hybridized carbons (Fsp3) is 0.333. The van der Waals surface area contributed by atoms with Crippen molar-refractivity contribution in [3.63, 3.8) is 0 Å². The molecule has 2 aromatic carbocycles. The monoisotopic (exact) mass is 527 g/mol. The van der Waals surface area contributed by atoms with Gasteiger partial charge in [-0.05, 0) is 36.4 Å². The molecule has 0 bridgehead atoms. The highest BCUT2D eigenvalue weighted by Crippen LogP contribution is 2.48. The Labute approximate surface area is 198 Å². The summed E-state index contributed by atoms with van der Waals surface area (Å²) in [5, 5.41) is 11.1. The molecule has 14 heteroatoms. The van der Waals surface area contributed by atoms with Crippen molar-refractivity contribution in [2.24, 2.45) is 0 Å². The van der Waals surface area contributed by atoms with Crippen molar-refractivity contribution in [3.05, 3.63) is 58.1 Å². The Morgan fingerprint density at radius 1 is 1.03 bits per heavy atom. The zero-order chi connectivity index (χ0) is 26.3. The lowest BCUT2D eigenvalue weighted by molar-refractivity contribution is -0.170. The molecule has 2 atom stereocenters. The topological polar surface area (TPSA) is 85.3 Å². The van der Waals surface area contributed by atoms with E-state index in [9.17, 15) is 41.0 Å². The molecule has 7 nitrogen and oxygen atoms in total. The van der Waals surface area contributed by atoms with Crippen molar-refractivity contribution in [1.29, 1.82) is 0 Å². The Kier molecular flexibility index (Phi) is 6.88. The van der Waals surface area contributed by atoms with Crippen LogP contribution >= 0.6 is 11.6 Å². The van der Waals surface area contributed by atoms with Crippen molar-refractivity contribution in [2.45, 2.75) is 30.7 Å². The van der Waals surface area contributed by atoms with Gasteiger partial charge in [-0.15, -0.1) is 0 Å². The average molecular weight is 528 g/mol. The number of fused-ring (bicyclic) bond motifs is 1. The van der Waals surface area contributed by atoms with Crippen LogP contribution in [0.25, 0.3) is 0 Å². The van der Waals surface area contributed by atoms with E-state index in [0.717, 1.165) is 20.3 Å². The normalized spacial score (nSPS) is 20.1. The SMILES string of the molecule is COC(=O)CC1(C(=O)OC)Oc2ccc(Cl)cc2C(O)N1c1cc(C(F)(F)F)cc(C(F)(F)F)c1. The summed E-state index contributed by atoms with van der Waals surface area (Å²) < 4.78 is 95.9. The highest BCUT2D eigenvalue weighted by molar-refractivity contribution is 6.30. The quantitative estimate of drug-likeness (QED) is 0.456. The van der Waals surface area contributed by atoms with Crippen LogP contribution in [0.4, 0.5) is 32.0 Å². The van der Waals surface area contributed by atoms with Gasteiger partial charge in [0.25, 0.3) is 5.72 Å². The summed E-state index contributed by atoms with van der Waals surface area (Å²) in [5.74, 6) is -2.78. The molecule has 1 aliphatic heterocycles. The third-order valence-electron chi connectivity index (χ3n) is 5.13. The second-order valence-corrected chi connectivity index (χ2v) is 7.76. The summed E-state index contributed by atoms with van der Waals surface area (Å²) in [7, 11) is 1.77. The Balaban J connectivity index is 2.39. The first kappa shape index (κ1) is 26.4. The lowest BCUT2D eigenvalue weighted by Gasteiger charge is -2.48. The minimum atomic E-state index is -5.24. The molecule has 0 fully saturated rings. The molecule has 0 amide bonds. The van der Waals surface area contributed by atoms with Crippen LogP contribution in [0.5, 0.6) is 5.75 Å². The molecule has 0 radical (unpaired) electrons. The smallest absolute Gasteiger partial charge is 0.416 e. The van der Waals surface area contributed by atoms with Crippen molar-refractivity contribution in [1.82, 2.24) is 0 Å². The number of anilines is 1. The number of aliphatic hydroxyl groups excluding tert-OH is 1. The van der Waals surface area contributed by atoms with Gasteiger partial charge >= 0.3 is 24.3 Å². The van der Waals surface area contributed by atoms with E-state index in [0.29, 0.717) is 4.90 Å². The van der Waals surface area contributed by atoms with Gasteiger partial charge in [0.2, 0.25) is 0 Å². The first-order valence-electron chi connectivity index (χ1n) is 9.54. The van der Waals surface area contributed by atoms with E-state index in [-0.39, 0.29) is 34.5 Å². The van der Waals surface area contributed by atoms with Gasteiger partial charge in [0, 0.05) is 16.3 Å². The predicted octanol–water partition coefficient (Wildman–Crippen LogP) is 4.70. The highest BCUT2D eigenvalue weighted by atomic mass is 35.5. The van der Waals surface area contributed by atoms with Crippen molar-refractivity contribution in [3.8, 4) is 5.75 Å². The summed E-state index contributed by atoms with van der Waals surface area (Å²) in [5.41, 5.74) is -7.37. The third-order valence-corrected chi connectivity index (χ3v) is 5.36. The summed E-state index contributed by atoms with van der Waals surface area (Å²) in [4.78, 5) is 25.5. The Morgan fingerprint density at radius 3 is 2.09 bits per heavy atom. The number of alkyl halides is 6. The summed E-state index contributed by atoms with van der Waals surface area (Å²) in [6, 6.07) is 4.02. The second-order valence-electron chi connectivity index (χ2n) is 7.32. The molecule has 190 valence electrons. The number of carbonyl (C=O) groups is 2. The maximum absolute atomic E-state index is 13.5. The van der Waals surface area contributed by atoms with Crippen molar-refractivity contribution >= 4 is 29.2 Å². The molecule has 2 unspecified atom stereocenters. The van der Waals surface area contributed by atoms with Gasteiger partial charge < -0.3 is 19.3 Å². The standard InChI is InChI=1S/C21H16ClF6NO6/c1-33-16(30)9-19(18(32)34-2)29(17(31)14-8-12(22)3-4-15(14)35-19)13-6-10(20(23,24)25)5-11(7-13)21(26,27)28/h3-8,17,31H,9H2,1-2H3. The van der Waals surface area contributed by atoms with E-state index in [2.05, 4.69) is 9.47 Å². The first-order valence-corrected chi connectivity index (χ1v) is 9.92. The van der Waals surface area contributed by atoms with E-state index >= 15 is 0 Å². The number of nitrogens with zero attached hydrogens (tertiary/aromatic N) is 1. The number of hydrogen-bond donors (Lipinski definition) is 1. The van der Waals surface area contributed by atoms with Crippen LogP contribution in [-0.2, 0) is 31.4 Å². The maximum atomic E-state index is 13.5. The second kappa shape index (κ2) is 9.11. The van der Waals surface area contributed by atoms with E-state index < -0.39 is 59.5 Å². The van der Waals surface area contributed by atoms with Crippen LogP contribution in [0.1, 0.15) is 29.3 Å². The number of rotatable bonds is 4. The molecule has 1 aliphatic rings. The number of esters is 2. The molecule has 0 aromatic heterocycles. The molecule has 2 aromatic rings. The van der Waals surface area contributed by atoms with Crippen molar-refractivity contribution < 1.29 is 55.2 Å². The van der Waals surface area contributed by atoms with Gasteiger partial charge in [-0.25, -0.2) is 4.79 Å². The number of methoxy groups -OCH3 is 2. The number of carbonyl (C=O) groups excluding carboxylic acids is 2. The van der Waals surface area contributed by atoms with Gasteiger partial charge in [-0.1, -0.05) is 11.6 Å². The van der Waals surface area contributed by atoms with E-state index in [4.69, 9.17) is 16.3 Å². The lowest BCUT2D eigenvalue weighted by Crippen LogP contribution is -2.64. The van der Waals surface area contributed by atoms with Gasteiger partial charge in [0.1, 0.15) is 12.2 Å². The van der Waals surface area contributed by atoms with Crippen LogP contribution in [0.15, 0.2) is 36.4 Å². The van der Waals surface area contributed by atoms with Crippen LogP contribution in [0, 0.1) is 0 Å². The van der Waals surface area contributed by atoms with E-state index in [1.165, 1.54) is 12.1 Å².